The minimum atomic E-state index is -0.544. The van der Waals surface area contributed by atoms with Crippen LogP contribution in [0.1, 0.15) is 5.56 Å². The number of benzene rings is 1. The van der Waals surface area contributed by atoms with Gasteiger partial charge >= 0.3 is 5.69 Å². The van der Waals surface area contributed by atoms with Gasteiger partial charge in [-0.25, -0.2) is 14.2 Å². The monoisotopic (exact) mass is 357 g/mol. The molecule has 9 heteroatoms. The third kappa shape index (κ3) is 4.97. The minimum Gasteiger partial charge on any atom is -0.497 e. The van der Waals surface area contributed by atoms with Crippen LogP contribution < -0.4 is 15.7 Å². The first-order valence-electron chi connectivity index (χ1n) is 6.46. The molecule has 1 heterocycles. The highest BCUT2D eigenvalue weighted by Gasteiger charge is 2.09. The molecule has 122 valence electrons. The average molecular weight is 358 g/mol. The predicted molar refractivity (Wildman–Crippen MR) is 85.4 cm³/mol. The lowest BCUT2D eigenvalue weighted by atomic mass is 10.2. The summed E-state index contributed by atoms with van der Waals surface area (Å²) in [7, 11) is 1.45. The van der Waals surface area contributed by atoms with Gasteiger partial charge < -0.3 is 10.1 Å². The Labute approximate surface area is 140 Å². The van der Waals surface area contributed by atoms with Gasteiger partial charge in [0.05, 0.1) is 29.1 Å². The highest BCUT2D eigenvalue weighted by atomic mass is 35.5. The van der Waals surface area contributed by atoms with Crippen LogP contribution >= 0.6 is 23.4 Å². The molecule has 2 aromatic rings. The molecule has 0 aliphatic rings. The standard InChI is InChI=1S/C14H13ClFN3O3S/c1-22-9-3-2-8(11(16)4-9)5-17-12(20)7-23-13-10(15)6-18-14(21)19-13/h2-4,6H,5,7H2,1H3,(H,17,20)(H,18,19,21). The maximum atomic E-state index is 13.7. The molecular weight excluding hydrogens is 345 g/mol. The van der Waals surface area contributed by atoms with Crippen LogP contribution in [-0.2, 0) is 11.3 Å². The third-order valence-corrected chi connectivity index (χ3v) is 4.23. The molecule has 1 amide bonds. The van der Waals surface area contributed by atoms with E-state index < -0.39 is 11.5 Å². The number of aromatic amines is 1. The van der Waals surface area contributed by atoms with E-state index in [1.165, 1.54) is 19.4 Å². The van der Waals surface area contributed by atoms with Crippen molar-refractivity contribution in [3.05, 3.63) is 51.3 Å². The van der Waals surface area contributed by atoms with Crippen molar-refractivity contribution in [2.45, 2.75) is 11.6 Å². The van der Waals surface area contributed by atoms with E-state index in [1.807, 2.05) is 0 Å². The van der Waals surface area contributed by atoms with Crippen molar-refractivity contribution in [3.8, 4) is 5.75 Å². The van der Waals surface area contributed by atoms with Gasteiger partial charge in [-0.2, -0.15) is 0 Å². The van der Waals surface area contributed by atoms with Crippen molar-refractivity contribution >= 4 is 29.3 Å². The Morgan fingerprint density at radius 3 is 3.00 bits per heavy atom. The summed E-state index contributed by atoms with van der Waals surface area (Å²) in [5, 5.41) is 3.20. The van der Waals surface area contributed by atoms with Gasteiger partial charge in [-0.1, -0.05) is 29.4 Å². The molecule has 0 aliphatic heterocycles. The molecule has 0 fully saturated rings. The zero-order valence-electron chi connectivity index (χ0n) is 12.1. The van der Waals surface area contributed by atoms with E-state index in [-0.39, 0.29) is 23.2 Å². The van der Waals surface area contributed by atoms with Crippen molar-refractivity contribution in [1.82, 2.24) is 15.3 Å². The molecule has 2 rings (SSSR count). The number of methoxy groups -OCH3 is 1. The zero-order chi connectivity index (χ0) is 16.8. The van der Waals surface area contributed by atoms with Crippen LogP contribution in [0.25, 0.3) is 0 Å². The fourth-order valence-corrected chi connectivity index (χ4v) is 2.64. The molecule has 0 saturated carbocycles. The van der Waals surface area contributed by atoms with Gasteiger partial charge in [0.1, 0.15) is 11.6 Å². The molecule has 23 heavy (non-hydrogen) atoms. The van der Waals surface area contributed by atoms with Gasteiger partial charge in [-0.3, -0.25) is 9.78 Å². The lowest BCUT2D eigenvalue weighted by molar-refractivity contribution is -0.118. The molecule has 0 bridgehead atoms. The molecule has 0 saturated heterocycles. The normalized spacial score (nSPS) is 10.4. The van der Waals surface area contributed by atoms with Crippen LogP contribution in [0.3, 0.4) is 0 Å². The second-order valence-corrected chi connectivity index (χ2v) is 5.78. The Morgan fingerprint density at radius 1 is 1.52 bits per heavy atom. The number of thioether (sulfide) groups is 1. The second-order valence-electron chi connectivity index (χ2n) is 4.39. The van der Waals surface area contributed by atoms with Gasteiger partial charge in [0, 0.05) is 18.2 Å². The number of ether oxygens (including phenoxy) is 1. The molecule has 1 aromatic carbocycles. The molecule has 0 unspecified atom stereocenters. The number of carbonyl (C=O) groups is 1. The summed E-state index contributed by atoms with van der Waals surface area (Å²) in [5.41, 5.74) is -0.197. The average Bonchev–Trinajstić information content (AvgIpc) is 2.54. The fourth-order valence-electron chi connectivity index (χ4n) is 1.65. The van der Waals surface area contributed by atoms with Crippen LogP contribution in [-0.4, -0.2) is 28.7 Å². The van der Waals surface area contributed by atoms with Gasteiger partial charge in [0.15, 0.2) is 0 Å². The van der Waals surface area contributed by atoms with Crippen molar-refractivity contribution in [2.75, 3.05) is 12.9 Å². The van der Waals surface area contributed by atoms with Gasteiger partial charge in [0.25, 0.3) is 0 Å². The minimum absolute atomic E-state index is 0.0252. The Hall–Kier alpha value is -2.06. The van der Waals surface area contributed by atoms with E-state index in [0.717, 1.165) is 11.8 Å². The molecular formula is C14H13ClFN3O3S. The molecule has 1 aromatic heterocycles. The first-order chi connectivity index (χ1) is 11.0. The zero-order valence-corrected chi connectivity index (χ0v) is 13.6. The van der Waals surface area contributed by atoms with Gasteiger partial charge in [0.2, 0.25) is 5.91 Å². The first kappa shape index (κ1) is 17.3. The van der Waals surface area contributed by atoms with Crippen LogP contribution in [0.2, 0.25) is 5.02 Å². The topological polar surface area (TPSA) is 84.1 Å². The molecule has 0 radical (unpaired) electrons. The lowest BCUT2D eigenvalue weighted by Crippen LogP contribution is -2.25. The van der Waals surface area contributed by atoms with E-state index in [4.69, 9.17) is 16.3 Å². The highest BCUT2D eigenvalue weighted by Crippen LogP contribution is 2.22. The number of carbonyl (C=O) groups excluding carboxylic acids is 1. The van der Waals surface area contributed by atoms with E-state index in [9.17, 15) is 14.0 Å². The number of H-pyrrole nitrogens is 1. The van der Waals surface area contributed by atoms with Crippen molar-refractivity contribution < 1.29 is 13.9 Å². The van der Waals surface area contributed by atoms with Crippen LogP contribution in [0.5, 0.6) is 5.75 Å². The quantitative estimate of drug-likeness (QED) is 0.610. The molecule has 0 aliphatic carbocycles. The maximum absolute atomic E-state index is 13.7. The van der Waals surface area contributed by atoms with Crippen molar-refractivity contribution in [2.24, 2.45) is 0 Å². The number of hydrogen-bond donors (Lipinski definition) is 2. The molecule has 2 N–H and O–H groups in total. The number of nitrogens with zero attached hydrogens (tertiary/aromatic N) is 1. The largest absolute Gasteiger partial charge is 0.497 e. The van der Waals surface area contributed by atoms with Crippen LogP contribution in [0.15, 0.2) is 34.2 Å². The van der Waals surface area contributed by atoms with Crippen molar-refractivity contribution in [1.29, 1.82) is 0 Å². The van der Waals surface area contributed by atoms with E-state index >= 15 is 0 Å². The predicted octanol–water partition coefficient (Wildman–Crippen LogP) is 1.98. The SMILES string of the molecule is COc1ccc(CNC(=O)CSc2[nH]c(=O)ncc2Cl)c(F)c1. The summed E-state index contributed by atoms with van der Waals surface area (Å²) >= 11 is 6.92. The number of nitrogens with one attached hydrogen (secondary N) is 2. The van der Waals surface area contributed by atoms with E-state index in [1.54, 1.807) is 12.1 Å². The summed E-state index contributed by atoms with van der Waals surface area (Å²) in [4.78, 5) is 28.8. The lowest BCUT2D eigenvalue weighted by Gasteiger charge is -2.08. The number of rotatable bonds is 6. The summed E-state index contributed by atoms with van der Waals surface area (Å²) < 4.78 is 18.6. The van der Waals surface area contributed by atoms with Gasteiger partial charge in [-0.15, -0.1) is 0 Å². The van der Waals surface area contributed by atoms with Crippen LogP contribution in [0.4, 0.5) is 4.39 Å². The van der Waals surface area contributed by atoms with Gasteiger partial charge in [-0.05, 0) is 6.07 Å². The second kappa shape index (κ2) is 7.98. The Kier molecular flexibility index (Phi) is 6.00. The summed E-state index contributed by atoms with van der Waals surface area (Å²) in [5.74, 6) is -0.348. The Morgan fingerprint density at radius 2 is 2.30 bits per heavy atom. The number of amides is 1. The summed E-state index contributed by atoms with van der Waals surface area (Å²) in [6.45, 7) is 0.0514. The fraction of sp³-hybridized carbons (Fsp3) is 0.214. The molecule has 6 nitrogen and oxygen atoms in total. The highest BCUT2D eigenvalue weighted by molar-refractivity contribution is 8.00. The smallest absolute Gasteiger partial charge is 0.345 e. The number of aromatic nitrogens is 2. The molecule has 0 spiro atoms. The van der Waals surface area contributed by atoms with E-state index in [0.29, 0.717) is 16.3 Å². The summed E-state index contributed by atoms with van der Waals surface area (Å²) in [6, 6.07) is 4.40. The van der Waals surface area contributed by atoms with E-state index in [2.05, 4.69) is 15.3 Å². The Bertz CT molecular complexity index is 769. The molecule has 0 atom stereocenters. The first-order valence-corrected chi connectivity index (χ1v) is 7.82. The number of halogens is 2. The third-order valence-electron chi connectivity index (χ3n) is 2.82. The maximum Gasteiger partial charge on any atom is 0.345 e. The Balaban J connectivity index is 1.88. The summed E-state index contributed by atoms with van der Waals surface area (Å²) in [6.07, 6.45) is 1.22. The number of hydrogen-bond acceptors (Lipinski definition) is 5. The van der Waals surface area contributed by atoms with Crippen molar-refractivity contribution in [3.63, 3.8) is 0 Å². The van der Waals surface area contributed by atoms with Crippen LogP contribution in [0, 0.1) is 5.82 Å².